The van der Waals surface area contributed by atoms with Gasteiger partial charge in [0.05, 0.1) is 0 Å². The number of rotatable bonds is 2. The molecule has 0 bridgehead atoms. The lowest BCUT2D eigenvalue weighted by Gasteiger charge is -2.26. The molecule has 1 aliphatic rings. The van der Waals surface area contributed by atoms with Crippen LogP contribution in [0, 0.1) is 0 Å². The molecule has 1 aromatic heterocycles. The quantitative estimate of drug-likeness (QED) is 0.743. The van der Waals surface area contributed by atoms with E-state index in [0.717, 1.165) is 24.7 Å². The van der Waals surface area contributed by atoms with Crippen molar-refractivity contribution >= 4 is 5.95 Å². The van der Waals surface area contributed by atoms with Crippen molar-refractivity contribution in [1.82, 2.24) is 9.97 Å². The Morgan fingerprint density at radius 2 is 1.93 bits per heavy atom. The summed E-state index contributed by atoms with van der Waals surface area (Å²) in [4.78, 5) is 11.3. The van der Waals surface area contributed by atoms with Gasteiger partial charge in [-0.2, -0.15) is 0 Å². The van der Waals surface area contributed by atoms with Crippen LogP contribution in [0.3, 0.4) is 0 Å². The van der Waals surface area contributed by atoms with Crippen LogP contribution in [0.25, 0.3) is 0 Å². The average Bonchev–Trinajstić information content (AvgIpc) is 2.30. The van der Waals surface area contributed by atoms with Crippen molar-refractivity contribution in [2.24, 2.45) is 0 Å². The maximum atomic E-state index is 4.61. The summed E-state index contributed by atoms with van der Waals surface area (Å²) >= 11 is 0. The molecule has 15 heavy (non-hydrogen) atoms. The number of nitrogens with zero attached hydrogens (tertiary/aromatic N) is 3. The Balaban J connectivity index is 2.16. The highest BCUT2D eigenvalue weighted by atomic mass is 15.2. The van der Waals surface area contributed by atoms with E-state index in [1.165, 1.54) is 19.3 Å². The molecule has 0 aromatic carbocycles. The molecule has 0 amide bonds. The largest absolute Gasteiger partial charge is 0.341 e. The van der Waals surface area contributed by atoms with Crippen molar-refractivity contribution in [2.75, 3.05) is 18.0 Å². The van der Waals surface area contributed by atoms with Gasteiger partial charge >= 0.3 is 0 Å². The molecule has 1 saturated heterocycles. The standard InChI is InChI=1S/C12H19N3/c1-10(2)11-6-7-13-12(14-11)15-8-4-3-5-9-15/h6-7,10H,3-5,8-9H2,1-2H3. The number of hydrogen-bond acceptors (Lipinski definition) is 3. The van der Waals surface area contributed by atoms with E-state index in [-0.39, 0.29) is 0 Å². The van der Waals surface area contributed by atoms with E-state index in [1.807, 2.05) is 12.3 Å². The fourth-order valence-electron chi connectivity index (χ4n) is 1.93. The first-order valence-corrected chi connectivity index (χ1v) is 5.85. The highest BCUT2D eigenvalue weighted by molar-refractivity contribution is 5.31. The lowest BCUT2D eigenvalue weighted by molar-refractivity contribution is 0.566. The zero-order valence-corrected chi connectivity index (χ0v) is 9.61. The second-order valence-corrected chi connectivity index (χ2v) is 4.48. The molecule has 1 fully saturated rings. The van der Waals surface area contributed by atoms with E-state index in [9.17, 15) is 0 Å². The highest BCUT2D eigenvalue weighted by Crippen LogP contribution is 2.18. The van der Waals surface area contributed by atoms with Crippen LogP contribution >= 0.6 is 0 Å². The van der Waals surface area contributed by atoms with Gasteiger partial charge in [-0.15, -0.1) is 0 Å². The predicted molar refractivity (Wildman–Crippen MR) is 62.2 cm³/mol. The molecular formula is C12H19N3. The molecule has 1 aliphatic heterocycles. The van der Waals surface area contributed by atoms with Gasteiger partial charge in [-0.1, -0.05) is 13.8 Å². The Morgan fingerprint density at radius 1 is 1.20 bits per heavy atom. The average molecular weight is 205 g/mol. The third-order valence-corrected chi connectivity index (χ3v) is 2.89. The summed E-state index contributed by atoms with van der Waals surface area (Å²) in [5, 5.41) is 0. The molecular weight excluding hydrogens is 186 g/mol. The molecule has 0 aliphatic carbocycles. The molecule has 1 aromatic rings. The molecule has 0 spiro atoms. The molecule has 82 valence electrons. The van der Waals surface area contributed by atoms with Crippen LogP contribution in [0.2, 0.25) is 0 Å². The number of anilines is 1. The molecule has 0 unspecified atom stereocenters. The topological polar surface area (TPSA) is 29.0 Å². The fourth-order valence-corrected chi connectivity index (χ4v) is 1.93. The van der Waals surface area contributed by atoms with Gasteiger partial charge in [-0.05, 0) is 31.2 Å². The Kier molecular flexibility index (Phi) is 3.19. The van der Waals surface area contributed by atoms with E-state index in [1.54, 1.807) is 0 Å². The van der Waals surface area contributed by atoms with Crippen LogP contribution in [0.5, 0.6) is 0 Å². The fraction of sp³-hybridized carbons (Fsp3) is 0.667. The predicted octanol–water partition coefficient (Wildman–Crippen LogP) is 2.59. The maximum absolute atomic E-state index is 4.61. The van der Waals surface area contributed by atoms with Crippen LogP contribution in [-0.2, 0) is 0 Å². The molecule has 0 saturated carbocycles. The SMILES string of the molecule is CC(C)c1ccnc(N2CCCCC2)n1. The third kappa shape index (κ3) is 2.46. The van der Waals surface area contributed by atoms with Crippen molar-refractivity contribution in [3.05, 3.63) is 18.0 Å². The van der Waals surface area contributed by atoms with E-state index in [4.69, 9.17) is 0 Å². The minimum Gasteiger partial charge on any atom is -0.341 e. The third-order valence-electron chi connectivity index (χ3n) is 2.89. The Labute approximate surface area is 91.5 Å². The molecule has 3 nitrogen and oxygen atoms in total. The van der Waals surface area contributed by atoms with Crippen LogP contribution in [0.4, 0.5) is 5.95 Å². The Morgan fingerprint density at radius 3 is 2.60 bits per heavy atom. The van der Waals surface area contributed by atoms with Crippen molar-refractivity contribution in [1.29, 1.82) is 0 Å². The zero-order valence-electron chi connectivity index (χ0n) is 9.61. The van der Waals surface area contributed by atoms with Crippen molar-refractivity contribution in [3.63, 3.8) is 0 Å². The Hall–Kier alpha value is -1.12. The second kappa shape index (κ2) is 4.60. The van der Waals surface area contributed by atoms with Gasteiger partial charge in [-0.3, -0.25) is 0 Å². The van der Waals surface area contributed by atoms with E-state index in [2.05, 4.69) is 28.7 Å². The lowest BCUT2D eigenvalue weighted by Crippen LogP contribution is -2.31. The van der Waals surface area contributed by atoms with Gasteiger partial charge in [0.25, 0.3) is 0 Å². The zero-order chi connectivity index (χ0) is 10.7. The number of hydrogen-bond donors (Lipinski definition) is 0. The minimum absolute atomic E-state index is 0.483. The van der Waals surface area contributed by atoms with Gasteiger partial charge in [-0.25, -0.2) is 9.97 Å². The van der Waals surface area contributed by atoms with Crippen molar-refractivity contribution < 1.29 is 0 Å². The minimum atomic E-state index is 0.483. The van der Waals surface area contributed by atoms with Crippen LogP contribution < -0.4 is 4.90 Å². The van der Waals surface area contributed by atoms with E-state index >= 15 is 0 Å². The summed E-state index contributed by atoms with van der Waals surface area (Å²) in [6, 6.07) is 2.01. The normalized spacial score (nSPS) is 17.1. The van der Waals surface area contributed by atoms with E-state index < -0.39 is 0 Å². The first kappa shape index (κ1) is 10.4. The highest BCUT2D eigenvalue weighted by Gasteiger charge is 2.13. The maximum Gasteiger partial charge on any atom is 0.225 e. The summed E-state index contributed by atoms with van der Waals surface area (Å²) in [6.45, 7) is 6.56. The first-order chi connectivity index (χ1) is 7.27. The first-order valence-electron chi connectivity index (χ1n) is 5.85. The molecule has 0 radical (unpaired) electrons. The molecule has 3 heteroatoms. The van der Waals surface area contributed by atoms with Gasteiger partial charge in [0, 0.05) is 25.0 Å². The lowest BCUT2D eigenvalue weighted by atomic mass is 10.1. The summed E-state index contributed by atoms with van der Waals surface area (Å²) in [5.41, 5.74) is 1.14. The monoisotopic (exact) mass is 205 g/mol. The summed E-state index contributed by atoms with van der Waals surface area (Å²) in [5.74, 6) is 1.40. The van der Waals surface area contributed by atoms with Gasteiger partial charge < -0.3 is 4.90 Å². The molecule has 0 N–H and O–H groups in total. The smallest absolute Gasteiger partial charge is 0.225 e. The van der Waals surface area contributed by atoms with Gasteiger partial charge in [0.2, 0.25) is 5.95 Å². The summed E-state index contributed by atoms with van der Waals surface area (Å²) < 4.78 is 0. The summed E-state index contributed by atoms with van der Waals surface area (Å²) in [6.07, 6.45) is 5.77. The van der Waals surface area contributed by atoms with Crippen molar-refractivity contribution in [3.8, 4) is 0 Å². The number of piperidine rings is 1. The van der Waals surface area contributed by atoms with Crippen LogP contribution in [0.1, 0.15) is 44.7 Å². The van der Waals surface area contributed by atoms with Gasteiger partial charge in [0.15, 0.2) is 0 Å². The molecule has 2 heterocycles. The van der Waals surface area contributed by atoms with Crippen molar-refractivity contribution in [2.45, 2.75) is 39.0 Å². The van der Waals surface area contributed by atoms with Gasteiger partial charge in [0.1, 0.15) is 0 Å². The van der Waals surface area contributed by atoms with E-state index in [0.29, 0.717) is 5.92 Å². The van der Waals surface area contributed by atoms with Crippen LogP contribution in [-0.4, -0.2) is 23.1 Å². The number of aromatic nitrogens is 2. The summed E-state index contributed by atoms with van der Waals surface area (Å²) in [7, 11) is 0. The second-order valence-electron chi connectivity index (χ2n) is 4.48. The Bertz CT molecular complexity index is 316. The van der Waals surface area contributed by atoms with Crippen LogP contribution in [0.15, 0.2) is 12.3 Å². The molecule has 2 rings (SSSR count). The molecule has 0 atom stereocenters.